The van der Waals surface area contributed by atoms with Crippen molar-refractivity contribution in [3.8, 4) is 0 Å². The van der Waals surface area contributed by atoms with Gasteiger partial charge < -0.3 is 10.0 Å². The van der Waals surface area contributed by atoms with Crippen molar-refractivity contribution in [2.24, 2.45) is 0 Å². The number of rotatable bonds is 6. The predicted molar refractivity (Wildman–Crippen MR) is 98.4 cm³/mol. The van der Waals surface area contributed by atoms with Crippen LogP contribution < -0.4 is 0 Å². The van der Waals surface area contributed by atoms with Crippen molar-refractivity contribution < 1.29 is 19.1 Å². The van der Waals surface area contributed by atoms with E-state index in [-0.39, 0.29) is 17.5 Å². The lowest BCUT2D eigenvalue weighted by Gasteiger charge is -2.28. The van der Waals surface area contributed by atoms with E-state index < -0.39 is 12.1 Å². The molecule has 1 fully saturated rings. The molecule has 1 N–H and O–H groups in total. The van der Waals surface area contributed by atoms with Gasteiger partial charge in [-0.15, -0.1) is 11.3 Å². The van der Waals surface area contributed by atoms with Crippen LogP contribution in [0.2, 0.25) is 0 Å². The van der Waals surface area contributed by atoms with E-state index in [0.717, 1.165) is 0 Å². The highest BCUT2D eigenvalue weighted by molar-refractivity contribution is 7.09. The number of hydrogen-bond acceptors (Lipinski definition) is 4. The van der Waals surface area contributed by atoms with Gasteiger partial charge in [-0.25, -0.2) is 9.18 Å². The first kappa shape index (κ1) is 18.5. The van der Waals surface area contributed by atoms with Gasteiger partial charge >= 0.3 is 5.97 Å². The number of nitrogens with zero attached hydrogens (tertiary/aromatic N) is 2. The van der Waals surface area contributed by atoms with Crippen LogP contribution in [0, 0.1) is 0 Å². The number of carboxylic acids is 1. The van der Waals surface area contributed by atoms with Crippen molar-refractivity contribution in [1.29, 1.82) is 0 Å². The highest BCUT2D eigenvalue weighted by atomic mass is 32.1. The number of carbonyl (C=O) groups is 2. The Balaban J connectivity index is 1.64. The molecule has 7 heteroatoms. The van der Waals surface area contributed by atoms with Gasteiger partial charge in [-0.1, -0.05) is 6.07 Å². The summed E-state index contributed by atoms with van der Waals surface area (Å²) in [6.45, 7) is 1.52. The van der Waals surface area contributed by atoms with Gasteiger partial charge in [-0.3, -0.25) is 9.69 Å². The number of alkyl halides is 1. The van der Waals surface area contributed by atoms with Gasteiger partial charge in [0.05, 0.1) is 5.56 Å². The summed E-state index contributed by atoms with van der Waals surface area (Å²) >= 11 is 1.65. The highest BCUT2D eigenvalue weighted by Gasteiger charge is 2.33. The number of hydrogen-bond donors (Lipinski definition) is 1. The standard InChI is InChI=1S/C19H21FN2O3S/c1-21(18(23)13-4-6-14(7-5-13)19(24)25)11-16-9-15(20)10-22(16)12-17-3-2-8-26-17/h2-8,15-16H,9-12H2,1H3,(H,24,25)/t15-,16-/m0/s1. The maximum Gasteiger partial charge on any atom is 0.335 e. The molecule has 0 unspecified atom stereocenters. The zero-order valence-corrected chi connectivity index (χ0v) is 15.3. The summed E-state index contributed by atoms with van der Waals surface area (Å²) in [7, 11) is 1.70. The second-order valence-electron chi connectivity index (χ2n) is 6.56. The molecule has 0 bridgehead atoms. The summed E-state index contributed by atoms with van der Waals surface area (Å²) in [6.07, 6.45) is -0.459. The lowest BCUT2D eigenvalue weighted by Crippen LogP contribution is -2.40. The fraction of sp³-hybridized carbons (Fsp3) is 0.368. The number of benzene rings is 1. The lowest BCUT2D eigenvalue weighted by molar-refractivity contribution is 0.0694. The second kappa shape index (κ2) is 7.97. The zero-order valence-electron chi connectivity index (χ0n) is 14.5. The first-order valence-corrected chi connectivity index (χ1v) is 9.31. The largest absolute Gasteiger partial charge is 0.478 e. The third-order valence-electron chi connectivity index (χ3n) is 4.63. The van der Waals surface area contributed by atoms with Crippen LogP contribution in [-0.4, -0.2) is 59.1 Å². The molecule has 138 valence electrons. The average Bonchev–Trinajstić information content (AvgIpc) is 3.24. The van der Waals surface area contributed by atoms with Crippen molar-refractivity contribution in [2.75, 3.05) is 20.1 Å². The Bertz CT molecular complexity index is 764. The molecule has 3 rings (SSSR count). The van der Waals surface area contributed by atoms with E-state index in [0.29, 0.717) is 31.6 Å². The average molecular weight is 376 g/mol. The third-order valence-corrected chi connectivity index (χ3v) is 5.49. The molecule has 5 nitrogen and oxygen atoms in total. The maximum absolute atomic E-state index is 13.9. The van der Waals surface area contributed by atoms with E-state index in [1.165, 1.54) is 29.1 Å². The summed E-state index contributed by atoms with van der Waals surface area (Å²) in [5.74, 6) is -1.22. The number of likely N-dealkylation sites (tertiary alicyclic amines) is 1. The zero-order chi connectivity index (χ0) is 18.7. The Hall–Kier alpha value is -2.25. The van der Waals surface area contributed by atoms with Crippen LogP contribution in [0.4, 0.5) is 4.39 Å². The van der Waals surface area contributed by atoms with Gasteiger partial charge in [0.15, 0.2) is 0 Å². The number of halogens is 1. The molecule has 1 aliphatic rings. The third kappa shape index (κ3) is 4.28. The van der Waals surface area contributed by atoms with Gasteiger partial charge in [0.25, 0.3) is 5.91 Å². The van der Waals surface area contributed by atoms with Crippen LogP contribution in [0.3, 0.4) is 0 Å². The Morgan fingerprint density at radius 1 is 1.27 bits per heavy atom. The van der Waals surface area contributed by atoms with Crippen LogP contribution in [0.25, 0.3) is 0 Å². The van der Waals surface area contributed by atoms with Gasteiger partial charge in [-0.05, 0) is 42.1 Å². The molecule has 26 heavy (non-hydrogen) atoms. The molecular formula is C19H21FN2O3S. The molecule has 1 aromatic carbocycles. The van der Waals surface area contributed by atoms with Crippen LogP contribution >= 0.6 is 11.3 Å². The van der Waals surface area contributed by atoms with Crippen molar-refractivity contribution in [3.05, 3.63) is 57.8 Å². The number of carboxylic acid groups (broad SMARTS) is 1. The van der Waals surface area contributed by atoms with E-state index >= 15 is 0 Å². The normalized spacial score (nSPS) is 20.2. The molecule has 1 aromatic heterocycles. The van der Waals surface area contributed by atoms with Crippen molar-refractivity contribution in [1.82, 2.24) is 9.80 Å². The fourth-order valence-corrected chi connectivity index (χ4v) is 4.01. The van der Waals surface area contributed by atoms with Crippen LogP contribution in [0.15, 0.2) is 41.8 Å². The molecule has 1 amide bonds. The molecule has 1 saturated heterocycles. The molecule has 1 aliphatic heterocycles. The Morgan fingerprint density at radius 2 is 1.96 bits per heavy atom. The van der Waals surface area contributed by atoms with E-state index in [9.17, 15) is 14.0 Å². The number of amides is 1. The summed E-state index contributed by atoms with van der Waals surface area (Å²) in [5, 5.41) is 10.9. The van der Waals surface area contributed by atoms with Gasteiger partial charge in [-0.2, -0.15) is 0 Å². The second-order valence-corrected chi connectivity index (χ2v) is 7.60. The highest BCUT2D eigenvalue weighted by Crippen LogP contribution is 2.25. The van der Waals surface area contributed by atoms with E-state index in [4.69, 9.17) is 5.11 Å². The SMILES string of the molecule is CN(C[C@@H]1C[C@H](F)CN1Cc1cccs1)C(=O)c1ccc(C(=O)O)cc1. The topological polar surface area (TPSA) is 60.9 Å². The number of likely N-dealkylation sites (N-methyl/N-ethyl adjacent to an activating group) is 1. The van der Waals surface area contributed by atoms with E-state index in [2.05, 4.69) is 4.90 Å². The molecule has 0 aliphatic carbocycles. The van der Waals surface area contributed by atoms with Gasteiger partial charge in [0.2, 0.25) is 0 Å². The van der Waals surface area contributed by atoms with Crippen molar-refractivity contribution in [2.45, 2.75) is 25.2 Å². The number of aromatic carboxylic acids is 1. The van der Waals surface area contributed by atoms with Gasteiger partial charge in [0, 0.05) is 43.2 Å². The Kier molecular flexibility index (Phi) is 5.68. The van der Waals surface area contributed by atoms with Gasteiger partial charge in [0.1, 0.15) is 6.17 Å². The minimum Gasteiger partial charge on any atom is -0.478 e. The minimum atomic E-state index is -1.03. The molecule has 0 radical (unpaired) electrons. The van der Waals surface area contributed by atoms with Crippen LogP contribution in [0.1, 0.15) is 32.0 Å². The summed E-state index contributed by atoms with van der Waals surface area (Å²) in [6, 6.07) is 9.84. The Labute approximate surface area is 155 Å². The predicted octanol–water partition coefficient (Wildman–Crippen LogP) is 3.13. The number of carbonyl (C=O) groups excluding carboxylic acids is 1. The first-order valence-electron chi connectivity index (χ1n) is 8.43. The molecule has 2 heterocycles. The quantitative estimate of drug-likeness (QED) is 0.841. The fourth-order valence-electron chi connectivity index (χ4n) is 3.28. The number of thiophene rings is 1. The maximum atomic E-state index is 13.9. The van der Waals surface area contributed by atoms with E-state index in [1.807, 2.05) is 17.5 Å². The molecule has 2 atom stereocenters. The monoisotopic (exact) mass is 376 g/mol. The molecule has 0 spiro atoms. The van der Waals surface area contributed by atoms with Crippen molar-refractivity contribution >= 4 is 23.2 Å². The minimum absolute atomic E-state index is 0.0284. The van der Waals surface area contributed by atoms with Crippen molar-refractivity contribution in [3.63, 3.8) is 0 Å². The molecule has 2 aromatic rings. The van der Waals surface area contributed by atoms with Crippen LogP contribution in [0.5, 0.6) is 0 Å². The lowest BCUT2D eigenvalue weighted by atomic mass is 10.1. The summed E-state index contributed by atoms with van der Waals surface area (Å²) < 4.78 is 13.9. The first-order chi connectivity index (χ1) is 12.4. The smallest absolute Gasteiger partial charge is 0.335 e. The van der Waals surface area contributed by atoms with Crippen LogP contribution in [-0.2, 0) is 6.54 Å². The summed E-state index contributed by atoms with van der Waals surface area (Å²) in [5.41, 5.74) is 0.569. The molecular weight excluding hydrogens is 355 g/mol. The van der Waals surface area contributed by atoms with E-state index in [1.54, 1.807) is 23.3 Å². The summed E-state index contributed by atoms with van der Waals surface area (Å²) in [4.78, 5) is 28.4. The Morgan fingerprint density at radius 3 is 2.58 bits per heavy atom. The molecule has 0 saturated carbocycles.